The van der Waals surface area contributed by atoms with Crippen LogP contribution in [0.15, 0.2) is 76.1 Å². The van der Waals surface area contributed by atoms with Crippen molar-refractivity contribution < 1.29 is 17.9 Å². The van der Waals surface area contributed by atoms with Gasteiger partial charge in [0.1, 0.15) is 11.5 Å². The zero-order chi connectivity index (χ0) is 23.0. The van der Waals surface area contributed by atoms with Crippen molar-refractivity contribution in [3.05, 3.63) is 72.1 Å². The molecular formula is C22H24N4O4S2. The van der Waals surface area contributed by atoms with Crippen LogP contribution in [0.25, 0.3) is 0 Å². The van der Waals surface area contributed by atoms with Crippen LogP contribution >= 0.6 is 11.8 Å². The molecule has 0 aliphatic heterocycles. The molecule has 1 heterocycles. The molecular weight excluding hydrogens is 448 g/mol. The molecule has 1 aromatic heterocycles. The van der Waals surface area contributed by atoms with Crippen molar-refractivity contribution in [2.75, 3.05) is 13.7 Å². The maximum atomic E-state index is 12.6. The van der Waals surface area contributed by atoms with E-state index in [4.69, 9.17) is 9.47 Å². The van der Waals surface area contributed by atoms with E-state index in [2.05, 4.69) is 19.9 Å². The minimum absolute atomic E-state index is 0.104. The van der Waals surface area contributed by atoms with Crippen LogP contribution in [0.1, 0.15) is 25.0 Å². The molecule has 0 unspecified atom stereocenters. The van der Waals surface area contributed by atoms with Crippen LogP contribution in [-0.4, -0.2) is 37.8 Å². The summed E-state index contributed by atoms with van der Waals surface area (Å²) in [5, 5.41) is 4.75. The third-order valence-corrected chi connectivity index (χ3v) is 6.52. The van der Waals surface area contributed by atoms with E-state index >= 15 is 0 Å². The molecule has 3 rings (SSSR count). The predicted octanol–water partition coefficient (Wildman–Crippen LogP) is 3.88. The van der Waals surface area contributed by atoms with Crippen molar-refractivity contribution >= 4 is 27.5 Å². The molecule has 0 radical (unpaired) electrons. The quantitative estimate of drug-likeness (QED) is 0.207. The molecule has 3 aromatic rings. The second-order valence-corrected chi connectivity index (χ2v) is 9.15. The molecule has 8 nitrogen and oxygen atoms in total. The molecule has 0 spiro atoms. The first-order valence-corrected chi connectivity index (χ1v) is 12.3. The SMILES string of the molecule is CCOc1ccc(S(=O)(=O)N/N=C(/C)c2ccc(OC)c(CSc3ncccn3)c2)cc1. The Balaban J connectivity index is 1.74. The molecule has 2 aromatic carbocycles. The molecule has 0 amide bonds. The number of rotatable bonds is 10. The van der Waals surface area contributed by atoms with E-state index in [1.165, 1.54) is 23.9 Å². The van der Waals surface area contributed by atoms with Gasteiger partial charge in [-0.3, -0.25) is 0 Å². The van der Waals surface area contributed by atoms with Crippen molar-refractivity contribution in [1.82, 2.24) is 14.8 Å². The Kier molecular flexibility index (Phi) is 8.07. The van der Waals surface area contributed by atoms with E-state index in [0.29, 0.717) is 29.0 Å². The van der Waals surface area contributed by atoms with Crippen molar-refractivity contribution in [3.8, 4) is 11.5 Å². The summed E-state index contributed by atoms with van der Waals surface area (Å²) < 4.78 is 35.9. The van der Waals surface area contributed by atoms with Crippen LogP contribution in [0.3, 0.4) is 0 Å². The predicted molar refractivity (Wildman–Crippen MR) is 125 cm³/mol. The normalized spacial score (nSPS) is 11.8. The average molecular weight is 473 g/mol. The molecule has 0 aliphatic rings. The monoisotopic (exact) mass is 472 g/mol. The lowest BCUT2D eigenvalue weighted by molar-refractivity contribution is 0.340. The number of ether oxygens (including phenoxy) is 2. The Morgan fingerprint density at radius 2 is 1.84 bits per heavy atom. The van der Waals surface area contributed by atoms with Gasteiger partial charge in [0.15, 0.2) is 5.16 Å². The highest BCUT2D eigenvalue weighted by molar-refractivity contribution is 7.98. The highest BCUT2D eigenvalue weighted by atomic mass is 32.2. The molecule has 0 aliphatic carbocycles. The van der Waals surface area contributed by atoms with E-state index < -0.39 is 10.0 Å². The second kappa shape index (κ2) is 11.0. The second-order valence-electron chi connectivity index (χ2n) is 6.54. The first-order valence-electron chi connectivity index (χ1n) is 9.79. The molecule has 10 heteroatoms. The van der Waals surface area contributed by atoms with Gasteiger partial charge in [-0.15, -0.1) is 0 Å². The van der Waals surface area contributed by atoms with Gasteiger partial charge in [-0.05, 0) is 67.9 Å². The Labute approximate surface area is 192 Å². The summed E-state index contributed by atoms with van der Waals surface area (Å²) in [6.45, 7) is 4.11. The molecule has 0 bridgehead atoms. The number of hydrogen-bond donors (Lipinski definition) is 1. The number of nitrogens with zero attached hydrogens (tertiary/aromatic N) is 3. The van der Waals surface area contributed by atoms with Gasteiger partial charge in [0.05, 0.1) is 24.3 Å². The number of hydrazone groups is 1. The number of nitrogens with one attached hydrogen (secondary N) is 1. The van der Waals surface area contributed by atoms with Crippen LogP contribution < -0.4 is 14.3 Å². The number of sulfonamides is 1. The van der Waals surface area contributed by atoms with Crippen molar-refractivity contribution in [2.24, 2.45) is 5.10 Å². The number of aromatic nitrogens is 2. The van der Waals surface area contributed by atoms with Crippen LogP contribution in [0.2, 0.25) is 0 Å². The van der Waals surface area contributed by atoms with Gasteiger partial charge >= 0.3 is 0 Å². The highest BCUT2D eigenvalue weighted by Crippen LogP contribution is 2.27. The average Bonchev–Trinajstić information content (AvgIpc) is 2.82. The van der Waals surface area contributed by atoms with Gasteiger partial charge < -0.3 is 9.47 Å². The van der Waals surface area contributed by atoms with Gasteiger partial charge in [-0.25, -0.2) is 9.97 Å². The zero-order valence-electron chi connectivity index (χ0n) is 18.0. The lowest BCUT2D eigenvalue weighted by Crippen LogP contribution is -2.20. The number of benzene rings is 2. The Bertz CT molecular complexity index is 1170. The molecule has 32 heavy (non-hydrogen) atoms. The van der Waals surface area contributed by atoms with Crippen molar-refractivity contribution in [2.45, 2.75) is 29.7 Å². The van der Waals surface area contributed by atoms with Crippen LogP contribution in [0, 0.1) is 0 Å². The zero-order valence-corrected chi connectivity index (χ0v) is 19.6. The first-order chi connectivity index (χ1) is 15.4. The molecule has 168 valence electrons. The highest BCUT2D eigenvalue weighted by Gasteiger charge is 2.14. The Morgan fingerprint density at radius 1 is 1.12 bits per heavy atom. The van der Waals surface area contributed by atoms with Gasteiger partial charge in [0, 0.05) is 23.7 Å². The maximum absolute atomic E-state index is 12.6. The fourth-order valence-electron chi connectivity index (χ4n) is 2.75. The van der Waals surface area contributed by atoms with Gasteiger partial charge in [0.2, 0.25) is 0 Å². The summed E-state index contributed by atoms with van der Waals surface area (Å²) in [5.41, 5.74) is 2.21. The standard InChI is InChI=1S/C22H24N4O4S2/c1-4-30-19-7-9-20(10-8-19)32(27,28)26-25-16(2)17-6-11-21(29-3)18(14-17)15-31-22-23-12-5-13-24-22/h5-14,26H,4,15H2,1-3H3/b25-16-. The van der Waals surface area contributed by atoms with Gasteiger partial charge in [-0.1, -0.05) is 11.8 Å². The summed E-state index contributed by atoms with van der Waals surface area (Å²) in [4.78, 5) is 10.8. The smallest absolute Gasteiger partial charge is 0.276 e. The topological polar surface area (TPSA) is 103 Å². The summed E-state index contributed by atoms with van der Waals surface area (Å²) in [6.07, 6.45) is 3.38. The van der Waals surface area contributed by atoms with E-state index in [1.807, 2.05) is 25.1 Å². The largest absolute Gasteiger partial charge is 0.496 e. The van der Waals surface area contributed by atoms with E-state index in [-0.39, 0.29) is 4.90 Å². The number of thioether (sulfide) groups is 1. The van der Waals surface area contributed by atoms with E-state index in [1.54, 1.807) is 44.6 Å². The fraction of sp³-hybridized carbons (Fsp3) is 0.227. The Hall–Kier alpha value is -3.11. The van der Waals surface area contributed by atoms with Crippen molar-refractivity contribution in [1.29, 1.82) is 0 Å². The van der Waals surface area contributed by atoms with Crippen molar-refractivity contribution in [3.63, 3.8) is 0 Å². The van der Waals surface area contributed by atoms with Crippen LogP contribution in [-0.2, 0) is 15.8 Å². The summed E-state index contributed by atoms with van der Waals surface area (Å²) in [5.74, 6) is 1.92. The third-order valence-electron chi connectivity index (χ3n) is 4.38. The minimum atomic E-state index is -3.80. The molecule has 1 N–H and O–H groups in total. The lowest BCUT2D eigenvalue weighted by atomic mass is 10.1. The van der Waals surface area contributed by atoms with Gasteiger partial charge in [-0.2, -0.15) is 18.4 Å². The fourth-order valence-corrected chi connectivity index (χ4v) is 4.38. The van der Waals surface area contributed by atoms with E-state index in [9.17, 15) is 8.42 Å². The molecule has 0 atom stereocenters. The summed E-state index contributed by atoms with van der Waals surface area (Å²) in [7, 11) is -2.20. The number of methoxy groups -OCH3 is 1. The van der Waals surface area contributed by atoms with E-state index in [0.717, 1.165) is 16.9 Å². The molecule has 0 saturated heterocycles. The lowest BCUT2D eigenvalue weighted by Gasteiger charge is -2.11. The number of hydrogen-bond acceptors (Lipinski definition) is 8. The maximum Gasteiger partial charge on any atom is 0.276 e. The summed E-state index contributed by atoms with van der Waals surface area (Å²) >= 11 is 1.48. The van der Waals surface area contributed by atoms with Gasteiger partial charge in [0.25, 0.3) is 10.0 Å². The summed E-state index contributed by atoms with van der Waals surface area (Å²) in [6, 6.07) is 13.5. The Morgan fingerprint density at radius 3 is 2.50 bits per heavy atom. The van der Waals surface area contributed by atoms with Crippen LogP contribution in [0.4, 0.5) is 0 Å². The third kappa shape index (κ3) is 6.21. The van der Waals surface area contributed by atoms with Crippen LogP contribution in [0.5, 0.6) is 11.5 Å². The first kappa shape index (κ1) is 23.6. The minimum Gasteiger partial charge on any atom is -0.496 e. The molecule has 0 fully saturated rings. The molecule has 0 saturated carbocycles.